The number of carbonyl (C=O) groups excluding carboxylic acids is 2. The lowest BCUT2D eigenvalue weighted by Gasteiger charge is -2.38. The molecule has 2 N–H and O–H groups in total. The molecule has 2 saturated heterocycles. The molecule has 3 heterocycles. The van der Waals surface area contributed by atoms with Crippen LogP contribution in [0.5, 0.6) is 0 Å². The minimum Gasteiger partial charge on any atom is -0.460 e. The summed E-state index contributed by atoms with van der Waals surface area (Å²) in [5.41, 5.74) is 0.613. The second-order valence-corrected chi connectivity index (χ2v) is 8.26. The Morgan fingerprint density at radius 1 is 1.35 bits per heavy atom. The number of ether oxygens (including phenoxy) is 1. The van der Waals surface area contributed by atoms with Gasteiger partial charge in [-0.3, -0.25) is 19.8 Å². The van der Waals surface area contributed by atoms with Gasteiger partial charge in [-0.1, -0.05) is 0 Å². The Balaban J connectivity index is 1.50. The molecule has 2 aromatic rings. The van der Waals surface area contributed by atoms with Crippen LogP contribution in [0.1, 0.15) is 38.1 Å². The van der Waals surface area contributed by atoms with Gasteiger partial charge in [0.15, 0.2) is 5.76 Å². The van der Waals surface area contributed by atoms with E-state index >= 15 is 4.39 Å². The fourth-order valence-corrected chi connectivity index (χ4v) is 4.26. The second kappa shape index (κ2) is 10.1. The van der Waals surface area contributed by atoms with Gasteiger partial charge in [0.25, 0.3) is 0 Å². The Morgan fingerprint density at radius 3 is 2.85 bits per heavy atom. The fourth-order valence-electron chi connectivity index (χ4n) is 4.26. The van der Waals surface area contributed by atoms with E-state index in [0.29, 0.717) is 18.7 Å². The average molecular weight is 475 g/mol. The summed E-state index contributed by atoms with van der Waals surface area (Å²) < 4.78 is 25.7. The number of rotatable bonds is 8. The molecule has 1 aromatic carbocycles. The first-order chi connectivity index (χ1) is 16.3. The third-order valence-corrected chi connectivity index (χ3v) is 5.88. The first kappa shape index (κ1) is 23.5. The number of piperidine rings is 1. The molecule has 0 spiro atoms. The van der Waals surface area contributed by atoms with Crippen molar-refractivity contribution in [2.75, 3.05) is 29.4 Å². The lowest BCUT2D eigenvalue weighted by atomic mass is 10.1. The molecule has 12 heteroatoms. The van der Waals surface area contributed by atoms with Gasteiger partial charge >= 0.3 is 12.3 Å². The van der Waals surface area contributed by atoms with Crippen molar-refractivity contribution in [3.8, 4) is 0 Å². The van der Waals surface area contributed by atoms with Gasteiger partial charge in [-0.05, 0) is 49.6 Å². The SMILES string of the molecule is CC(=O)NC[C@H]1CN(c2ccc(N3CCCC[C@H]3N[C@H](c3ccco3)[N+](=O)[O-])c(F)c2)C(=O)O1. The fraction of sp³-hybridized carbons (Fsp3) is 0.455. The van der Waals surface area contributed by atoms with E-state index in [2.05, 4.69) is 10.6 Å². The highest BCUT2D eigenvalue weighted by Crippen LogP contribution is 2.32. The summed E-state index contributed by atoms with van der Waals surface area (Å²) in [5.74, 6) is -0.617. The maximum atomic E-state index is 15.3. The third-order valence-electron chi connectivity index (χ3n) is 5.88. The summed E-state index contributed by atoms with van der Waals surface area (Å²) in [6, 6.07) is 7.53. The molecule has 2 aliphatic rings. The molecule has 0 radical (unpaired) electrons. The maximum Gasteiger partial charge on any atom is 0.414 e. The van der Waals surface area contributed by atoms with Crippen LogP contribution < -0.4 is 20.4 Å². The second-order valence-electron chi connectivity index (χ2n) is 8.26. The van der Waals surface area contributed by atoms with Crippen LogP contribution in [0.4, 0.5) is 20.6 Å². The highest BCUT2D eigenvalue weighted by Gasteiger charge is 2.35. The van der Waals surface area contributed by atoms with Gasteiger partial charge in [0.1, 0.15) is 11.9 Å². The minimum absolute atomic E-state index is 0.173. The standard InChI is InChI=1S/C22H26FN5O6/c1-14(29)24-12-16-13-27(22(30)34-16)15-7-8-18(17(23)11-15)26-9-3-2-6-20(26)25-21(28(31)32)19-5-4-10-33-19/h4-5,7-8,10-11,16,20-21,25H,2-3,6,9,12-13H2,1H3,(H,24,29)/t16-,20-,21-/m0/s1. The first-order valence-electron chi connectivity index (χ1n) is 11.0. The first-order valence-corrected chi connectivity index (χ1v) is 11.0. The summed E-state index contributed by atoms with van der Waals surface area (Å²) >= 11 is 0. The van der Waals surface area contributed by atoms with E-state index in [4.69, 9.17) is 9.15 Å². The van der Waals surface area contributed by atoms with E-state index in [0.717, 1.165) is 12.8 Å². The molecule has 0 aliphatic carbocycles. The molecule has 4 rings (SSSR count). The maximum absolute atomic E-state index is 15.3. The molecule has 2 fully saturated rings. The van der Waals surface area contributed by atoms with E-state index < -0.39 is 35.3 Å². The van der Waals surface area contributed by atoms with Crippen LogP contribution in [0.15, 0.2) is 41.0 Å². The van der Waals surface area contributed by atoms with Crippen molar-refractivity contribution in [3.05, 3.63) is 58.3 Å². The van der Waals surface area contributed by atoms with Gasteiger partial charge in [0.05, 0.1) is 36.9 Å². The molecule has 2 aliphatic heterocycles. The molecule has 34 heavy (non-hydrogen) atoms. The number of halogens is 1. The Bertz CT molecular complexity index is 1050. The van der Waals surface area contributed by atoms with E-state index in [1.807, 2.05) is 0 Å². The van der Waals surface area contributed by atoms with Crippen LogP contribution in [-0.4, -0.2) is 48.8 Å². The van der Waals surface area contributed by atoms with E-state index in [1.165, 1.54) is 30.2 Å². The molecule has 0 saturated carbocycles. The molecule has 0 bridgehead atoms. The molecule has 1 aromatic heterocycles. The molecular formula is C22H26FN5O6. The summed E-state index contributed by atoms with van der Waals surface area (Å²) in [7, 11) is 0. The summed E-state index contributed by atoms with van der Waals surface area (Å²) in [5, 5.41) is 17.2. The van der Waals surface area contributed by atoms with Crippen LogP contribution in [-0.2, 0) is 9.53 Å². The van der Waals surface area contributed by atoms with E-state index in [-0.39, 0.29) is 30.4 Å². The number of cyclic esters (lactones) is 1. The summed E-state index contributed by atoms with van der Waals surface area (Å²) in [4.78, 5) is 37.6. The quantitative estimate of drug-likeness (QED) is 0.339. The van der Waals surface area contributed by atoms with E-state index in [9.17, 15) is 19.7 Å². The van der Waals surface area contributed by atoms with Crippen LogP contribution in [0.25, 0.3) is 0 Å². The lowest BCUT2D eigenvalue weighted by molar-refractivity contribution is -0.540. The molecule has 3 atom stereocenters. The van der Waals surface area contributed by atoms with Crippen LogP contribution in [0, 0.1) is 15.9 Å². The van der Waals surface area contributed by atoms with Crippen LogP contribution >= 0.6 is 0 Å². The normalized spacial score (nSPS) is 21.3. The number of benzene rings is 1. The van der Waals surface area contributed by atoms with Gasteiger partial charge in [-0.25, -0.2) is 14.5 Å². The lowest BCUT2D eigenvalue weighted by Crippen LogP contribution is -2.51. The molecule has 182 valence electrons. The largest absolute Gasteiger partial charge is 0.460 e. The molecular weight excluding hydrogens is 449 g/mol. The van der Waals surface area contributed by atoms with Gasteiger partial charge in [-0.15, -0.1) is 0 Å². The van der Waals surface area contributed by atoms with Crippen molar-refractivity contribution in [1.82, 2.24) is 10.6 Å². The van der Waals surface area contributed by atoms with E-state index in [1.54, 1.807) is 23.1 Å². The molecule has 2 amide bonds. The van der Waals surface area contributed by atoms with Crippen molar-refractivity contribution in [1.29, 1.82) is 0 Å². The predicted octanol–water partition coefficient (Wildman–Crippen LogP) is 2.76. The third kappa shape index (κ3) is 5.11. The monoisotopic (exact) mass is 475 g/mol. The summed E-state index contributed by atoms with van der Waals surface area (Å²) in [6.45, 7) is 2.24. The number of nitrogens with one attached hydrogen (secondary N) is 2. The van der Waals surface area contributed by atoms with Crippen LogP contribution in [0.2, 0.25) is 0 Å². The van der Waals surface area contributed by atoms with Gasteiger partial charge in [0.2, 0.25) is 5.91 Å². The Morgan fingerprint density at radius 2 is 2.18 bits per heavy atom. The Kier molecular flexibility index (Phi) is 6.96. The number of nitrogens with zero attached hydrogens (tertiary/aromatic N) is 3. The number of hydrogen-bond donors (Lipinski definition) is 2. The molecule has 0 unspecified atom stereocenters. The predicted molar refractivity (Wildman–Crippen MR) is 119 cm³/mol. The Hall–Kier alpha value is -3.67. The van der Waals surface area contributed by atoms with Crippen molar-refractivity contribution in [2.24, 2.45) is 0 Å². The minimum atomic E-state index is -1.26. The van der Waals surface area contributed by atoms with Crippen molar-refractivity contribution < 1.29 is 28.1 Å². The van der Waals surface area contributed by atoms with Gasteiger partial charge in [0, 0.05) is 18.4 Å². The number of hydrogen-bond acceptors (Lipinski definition) is 8. The number of anilines is 2. The number of carbonyl (C=O) groups is 2. The average Bonchev–Trinajstić information content (AvgIpc) is 3.46. The van der Waals surface area contributed by atoms with Crippen molar-refractivity contribution >= 4 is 23.4 Å². The smallest absolute Gasteiger partial charge is 0.414 e. The highest BCUT2D eigenvalue weighted by molar-refractivity contribution is 5.90. The van der Waals surface area contributed by atoms with Gasteiger partial charge < -0.3 is 19.4 Å². The topological polar surface area (TPSA) is 130 Å². The number of amides is 2. The van der Waals surface area contributed by atoms with Crippen molar-refractivity contribution in [3.63, 3.8) is 0 Å². The number of furan rings is 1. The Labute approximate surface area is 195 Å². The van der Waals surface area contributed by atoms with Gasteiger partial charge in [-0.2, -0.15) is 0 Å². The van der Waals surface area contributed by atoms with Crippen LogP contribution in [0.3, 0.4) is 0 Å². The molecule has 11 nitrogen and oxygen atoms in total. The number of nitro groups is 1. The van der Waals surface area contributed by atoms with Crippen molar-refractivity contribution in [2.45, 2.75) is 44.6 Å². The highest BCUT2D eigenvalue weighted by atomic mass is 19.1. The zero-order chi connectivity index (χ0) is 24.2. The summed E-state index contributed by atoms with van der Waals surface area (Å²) in [6.07, 6.45) is 0.724. The zero-order valence-corrected chi connectivity index (χ0v) is 18.6. The zero-order valence-electron chi connectivity index (χ0n) is 18.6.